The highest BCUT2D eigenvalue weighted by molar-refractivity contribution is 7.92. The highest BCUT2D eigenvalue weighted by Crippen LogP contribution is 2.15. The van der Waals surface area contributed by atoms with E-state index in [1.54, 1.807) is 6.07 Å². The summed E-state index contributed by atoms with van der Waals surface area (Å²) in [5.74, 6) is -0.510. The summed E-state index contributed by atoms with van der Waals surface area (Å²) in [6.07, 6.45) is 1.50. The number of rotatable bonds is 6. The molecule has 5 nitrogen and oxygen atoms in total. The molecular formula is C14H16FN3O2S. The molecule has 0 aliphatic heterocycles. The standard InChI is InChI=1S/C14H16FN3O2S/c1-2-16-9-11-6-7-14(17-10-11)21(19,20)18-13-5-3-4-12(15)8-13/h3-8,10,16,18H,2,9H2,1H3. The monoisotopic (exact) mass is 309 g/mol. The molecule has 0 spiro atoms. The van der Waals surface area contributed by atoms with Crippen LogP contribution in [0.3, 0.4) is 0 Å². The first kappa shape index (κ1) is 15.4. The molecule has 0 radical (unpaired) electrons. The van der Waals surface area contributed by atoms with Crippen molar-refractivity contribution in [1.29, 1.82) is 0 Å². The Morgan fingerprint density at radius 3 is 2.67 bits per heavy atom. The molecule has 0 saturated carbocycles. The topological polar surface area (TPSA) is 71.1 Å². The molecule has 2 N–H and O–H groups in total. The minimum absolute atomic E-state index is 0.105. The molecule has 0 aliphatic rings. The Bertz CT molecular complexity index is 702. The Balaban J connectivity index is 2.15. The summed E-state index contributed by atoms with van der Waals surface area (Å²) >= 11 is 0. The van der Waals surface area contributed by atoms with E-state index in [1.807, 2.05) is 6.92 Å². The Morgan fingerprint density at radius 2 is 2.05 bits per heavy atom. The summed E-state index contributed by atoms with van der Waals surface area (Å²) in [6.45, 7) is 3.43. The van der Waals surface area contributed by atoms with Gasteiger partial charge in [0.1, 0.15) is 5.82 Å². The second-order valence-electron chi connectivity index (χ2n) is 4.40. The van der Waals surface area contributed by atoms with Gasteiger partial charge in [-0.1, -0.05) is 19.1 Å². The fourth-order valence-electron chi connectivity index (χ4n) is 1.70. The molecular weight excluding hydrogens is 293 g/mol. The maximum Gasteiger partial charge on any atom is 0.279 e. The first-order valence-corrected chi connectivity index (χ1v) is 7.93. The molecule has 0 bridgehead atoms. The Labute approximate surface area is 123 Å². The minimum atomic E-state index is -3.82. The van der Waals surface area contributed by atoms with Crippen LogP contribution < -0.4 is 10.0 Å². The Hall–Kier alpha value is -1.99. The van der Waals surface area contributed by atoms with Gasteiger partial charge < -0.3 is 5.32 Å². The van der Waals surface area contributed by atoms with E-state index in [4.69, 9.17) is 0 Å². The zero-order valence-electron chi connectivity index (χ0n) is 11.5. The molecule has 21 heavy (non-hydrogen) atoms. The van der Waals surface area contributed by atoms with Gasteiger partial charge in [-0.15, -0.1) is 0 Å². The number of hydrogen-bond acceptors (Lipinski definition) is 4. The van der Waals surface area contributed by atoms with Crippen molar-refractivity contribution in [1.82, 2.24) is 10.3 Å². The molecule has 0 atom stereocenters. The van der Waals surface area contributed by atoms with Crippen molar-refractivity contribution in [3.8, 4) is 0 Å². The van der Waals surface area contributed by atoms with Crippen molar-refractivity contribution in [3.63, 3.8) is 0 Å². The van der Waals surface area contributed by atoms with E-state index < -0.39 is 15.8 Å². The lowest BCUT2D eigenvalue weighted by Crippen LogP contribution is -2.16. The third-order valence-electron chi connectivity index (χ3n) is 2.73. The zero-order valence-corrected chi connectivity index (χ0v) is 12.3. The van der Waals surface area contributed by atoms with Gasteiger partial charge in [0.15, 0.2) is 5.03 Å². The summed E-state index contributed by atoms with van der Waals surface area (Å²) in [7, 11) is -3.82. The van der Waals surface area contributed by atoms with Crippen LogP contribution in [0.2, 0.25) is 0 Å². The first-order chi connectivity index (χ1) is 10.0. The molecule has 0 unspecified atom stereocenters. The van der Waals surface area contributed by atoms with Crippen LogP contribution in [0.25, 0.3) is 0 Å². The minimum Gasteiger partial charge on any atom is -0.313 e. The number of halogens is 1. The number of nitrogens with zero attached hydrogens (tertiary/aromatic N) is 1. The summed E-state index contributed by atoms with van der Waals surface area (Å²) < 4.78 is 39.6. The lowest BCUT2D eigenvalue weighted by molar-refractivity contribution is 0.597. The van der Waals surface area contributed by atoms with Crippen LogP contribution in [0.1, 0.15) is 12.5 Å². The van der Waals surface area contributed by atoms with Gasteiger partial charge in [-0.2, -0.15) is 8.42 Å². The van der Waals surface area contributed by atoms with Crippen molar-refractivity contribution >= 4 is 15.7 Å². The fraction of sp³-hybridized carbons (Fsp3) is 0.214. The number of pyridine rings is 1. The number of hydrogen-bond donors (Lipinski definition) is 2. The van der Waals surface area contributed by atoms with Crippen LogP contribution in [-0.4, -0.2) is 19.9 Å². The third-order valence-corrected chi connectivity index (χ3v) is 4.03. The predicted molar refractivity (Wildman–Crippen MR) is 78.8 cm³/mol. The van der Waals surface area contributed by atoms with Crippen LogP contribution in [0.15, 0.2) is 47.6 Å². The first-order valence-electron chi connectivity index (χ1n) is 6.45. The highest BCUT2D eigenvalue weighted by Gasteiger charge is 2.15. The molecule has 0 amide bonds. The van der Waals surface area contributed by atoms with Gasteiger partial charge in [0.25, 0.3) is 10.0 Å². The van der Waals surface area contributed by atoms with Crippen LogP contribution in [-0.2, 0) is 16.6 Å². The van der Waals surface area contributed by atoms with Crippen LogP contribution >= 0.6 is 0 Å². The fourth-order valence-corrected chi connectivity index (χ4v) is 2.68. The Kier molecular flexibility index (Phi) is 4.87. The van der Waals surface area contributed by atoms with Gasteiger partial charge in [0.05, 0.1) is 5.69 Å². The van der Waals surface area contributed by atoms with E-state index in [1.165, 1.54) is 30.5 Å². The molecule has 1 aromatic carbocycles. The van der Waals surface area contributed by atoms with Crippen LogP contribution in [0, 0.1) is 5.82 Å². The van der Waals surface area contributed by atoms with E-state index in [2.05, 4.69) is 15.0 Å². The predicted octanol–water partition coefficient (Wildman–Crippen LogP) is 2.13. The van der Waals surface area contributed by atoms with Gasteiger partial charge >= 0.3 is 0 Å². The second-order valence-corrected chi connectivity index (χ2v) is 6.03. The van der Waals surface area contributed by atoms with Gasteiger partial charge in [-0.05, 0) is 36.4 Å². The van der Waals surface area contributed by atoms with E-state index >= 15 is 0 Å². The highest BCUT2D eigenvalue weighted by atomic mass is 32.2. The number of nitrogens with one attached hydrogen (secondary N) is 2. The summed E-state index contributed by atoms with van der Waals surface area (Å²) in [4.78, 5) is 3.94. The van der Waals surface area contributed by atoms with Crippen molar-refractivity contribution in [3.05, 3.63) is 54.0 Å². The molecule has 0 aliphatic carbocycles. The second kappa shape index (κ2) is 6.64. The number of aromatic nitrogens is 1. The largest absolute Gasteiger partial charge is 0.313 e. The number of benzene rings is 1. The summed E-state index contributed by atoms with van der Waals surface area (Å²) in [5, 5.41) is 3.02. The average molecular weight is 309 g/mol. The van der Waals surface area contributed by atoms with Gasteiger partial charge in [-0.25, -0.2) is 9.37 Å². The molecule has 112 valence electrons. The molecule has 0 saturated heterocycles. The van der Waals surface area contributed by atoms with E-state index in [-0.39, 0.29) is 10.7 Å². The van der Waals surface area contributed by atoms with Crippen molar-refractivity contribution in [2.75, 3.05) is 11.3 Å². The molecule has 2 aromatic rings. The van der Waals surface area contributed by atoms with Gasteiger partial charge in [0.2, 0.25) is 0 Å². The maximum absolute atomic E-state index is 13.1. The smallest absolute Gasteiger partial charge is 0.279 e. The van der Waals surface area contributed by atoms with Crippen molar-refractivity contribution in [2.24, 2.45) is 0 Å². The van der Waals surface area contributed by atoms with Crippen LogP contribution in [0.5, 0.6) is 0 Å². The normalized spacial score (nSPS) is 11.3. The SMILES string of the molecule is CCNCc1ccc(S(=O)(=O)Nc2cccc(F)c2)nc1. The molecule has 0 fully saturated rings. The quantitative estimate of drug-likeness (QED) is 0.857. The van der Waals surface area contributed by atoms with Crippen LogP contribution in [0.4, 0.5) is 10.1 Å². The van der Waals surface area contributed by atoms with E-state index in [9.17, 15) is 12.8 Å². The van der Waals surface area contributed by atoms with Crippen molar-refractivity contribution in [2.45, 2.75) is 18.5 Å². The van der Waals surface area contributed by atoms with Gasteiger partial charge in [0, 0.05) is 12.7 Å². The molecule has 7 heteroatoms. The molecule has 1 aromatic heterocycles. The molecule has 2 rings (SSSR count). The maximum atomic E-state index is 13.1. The van der Waals surface area contributed by atoms with E-state index in [0.717, 1.165) is 18.2 Å². The zero-order chi connectivity index (χ0) is 15.3. The summed E-state index contributed by atoms with van der Waals surface area (Å²) in [6, 6.07) is 8.37. The van der Waals surface area contributed by atoms with Gasteiger partial charge in [-0.3, -0.25) is 4.72 Å². The van der Waals surface area contributed by atoms with Crippen molar-refractivity contribution < 1.29 is 12.8 Å². The molecule has 1 heterocycles. The lowest BCUT2D eigenvalue weighted by Gasteiger charge is -2.08. The number of sulfonamides is 1. The average Bonchev–Trinajstić information content (AvgIpc) is 2.45. The lowest BCUT2D eigenvalue weighted by atomic mass is 10.3. The Morgan fingerprint density at radius 1 is 1.24 bits per heavy atom. The van der Waals surface area contributed by atoms with E-state index in [0.29, 0.717) is 6.54 Å². The number of anilines is 1. The summed E-state index contributed by atoms with van der Waals surface area (Å²) in [5.41, 5.74) is 1.05. The third kappa shape index (κ3) is 4.24.